The summed E-state index contributed by atoms with van der Waals surface area (Å²) >= 11 is 1.35. The SMILES string of the molecule is C=CCNC(=O)C(NC(=O)c1cccs1)C(C)C. The minimum absolute atomic E-state index is 0.0266. The maximum Gasteiger partial charge on any atom is 0.262 e. The van der Waals surface area contributed by atoms with Gasteiger partial charge in [-0.2, -0.15) is 0 Å². The van der Waals surface area contributed by atoms with E-state index in [0.717, 1.165) is 0 Å². The highest BCUT2D eigenvalue weighted by molar-refractivity contribution is 7.12. The molecule has 2 N–H and O–H groups in total. The largest absolute Gasteiger partial charge is 0.351 e. The Morgan fingerprint density at radius 1 is 1.50 bits per heavy atom. The molecule has 1 aromatic heterocycles. The Labute approximate surface area is 111 Å². The van der Waals surface area contributed by atoms with E-state index in [1.807, 2.05) is 25.3 Å². The molecule has 0 aliphatic rings. The van der Waals surface area contributed by atoms with Crippen LogP contribution >= 0.6 is 11.3 Å². The Morgan fingerprint density at radius 3 is 2.72 bits per heavy atom. The van der Waals surface area contributed by atoms with Crippen molar-refractivity contribution in [3.63, 3.8) is 0 Å². The highest BCUT2D eigenvalue weighted by Crippen LogP contribution is 2.10. The fourth-order valence-electron chi connectivity index (χ4n) is 1.44. The highest BCUT2D eigenvalue weighted by Gasteiger charge is 2.24. The maximum absolute atomic E-state index is 11.9. The van der Waals surface area contributed by atoms with Gasteiger partial charge in [0.05, 0.1) is 4.88 Å². The van der Waals surface area contributed by atoms with Crippen LogP contribution in [0.5, 0.6) is 0 Å². The monoisotopic (exact) mass is 266 g/mol. The standard InChI is InChI=1S/C13H18N2O2S/c1-4-7-14-13(17)11(9(2)3)15-12(16)10-6-5-8-18-10/h4-6,8-9,11H,1,7H2,2-3H3,(H,14,17)(H,15,16). The molecule has 0 aromatic carbocycles. The third-order valence-corrected chi connectivity index (χ3v) is 3.27. The van der Waals surface area contributed by atoms with E-state index in [4.69, 9.17) is 0 Å². The molecule has 18 heavy (non-hydrogen) atoms. The Morgan fingerprint density at radius 2 is 2.22 bits per heavy atom. The minimum atomic E-state index is -0.528. The van der Waals surface area contributed by atoms with Crippen molar-refractivity contribution in [2.24, 2.45) is 5.92 Å². The van der Waals surface area contributed by atoms with Crippen molar-refractivity contribution in [2.45, 2.75) is 19.9 Å². The van der Waals surface area contributed by atoms with Crippen LogP contribution in [0.2, 0.25) is 0 Å². The average molecular weight is 266 g/mol. The molecule has 2 amide bonds. The van der Waals surface area contributed by atoms with Gasteiger partial charge in [0, 0.05) is 6.54 Å². The molecule has 1 aromatic rings. The molecule has 0 spiro atoms. The summed E-state index contributed by atoms with van der Waals surface area (Å²) < 4.78 is 0. The van der Waals surface area contributed by atoms with Gasteiger partial charge >= 0.3 is 0 Å². The van der Waals surface area contributed by atoms with Gasteiger partial charge in [-0.25, -0.2) is 0 Å². The number of hydrogen-bond acceptors (Lipinski definition) is 3. The maximum atomic E-state index is 11.9. The fourth-order valence-corrected chi connectivity index (χ4v) is 2.06. The van der Waals surface area contributed by atoms with Gasteiger partial charge in [0.2, 0.25) is 5.91 Å². The van der Waals surface area contributed by atoms with Crippen LogP contribution in [-0.4, -0.2) is 24.4 Å². The van der Waals surface area contributed by atoms with Crippen molar-refractivity contribution >= 4 is 23.2 Å². The molecule has 0 saturated carbocycles. The third-order valence-electron chi connectivity index (χ3n) is 2.40. The number of amides is 2. The van der Waals surface area contributed by atoms with Gasteiger partial charge in [0.15, 0.2) is 0 Å². The zero-order valence-electron chi connectivity index (χ0n) is 10.6. The molecule has 98 valence electrons. The highest BCUT2D eigenvalue weighted by atomic mass is 32.1. The summed E-state index contributed by atoms with van der Waals surface area (Å²) in [5.74, 6) is -0.369. The number of thiophene rings is 1. The number of rotatable bonds is 6. The van der Waals surface area contributed by atoms with Crippen LogP contribution in [0, 0.1) is 5.92 Å². The first kappa shape index (κ1) is 14.4. The Kier molecular flexibility index (Phi) is 5.58. The van der Waals surface area contributed by atoms with Crippen molar-refractivity contribution in [3.05, 3.63) is 35.0 Å². The molecule has 1 heterocycles. The van der Waals surface area contributed by atoms with Crippen LogP contribution in [-0.2, 0) is 4.79 Å². The number of carbonyl (C=O) groups excluding carboxylic acids is 2. The Bertz CT molecular complexity index is 413. The van der Waals surface area contributed by atoms with Crippen molar-refractivity contribution in [1.29, 1.82) is 0 Å². The molecule has 4 nitrogen and oxygen atoms in total. The van der Waals surface area contributed by atoms with E-state index in [0.29, 0.717) is 11.4 Å². The summed E-state index contributed by atoms with van der Waals surface area (Å²) in [6, 6.07) is 3.01. The van der Waals surface area contributed by atoms with E-state index < -0.39 is 6.04 Å². The quantitative estimate of drug-likeness (QED) is 0.771. The minimum Gasteiger partial charge on any atom is -0.351 e. The molecule has 0 radical (unpaired) electrons. The second kappa shape index (κ2) is 6.96. The van der Waals surface area contributed by atoms with E-state index >= 15 is 0 Å². The molecule has 1 rings (SSSR count). The second-order valence-electron chi connectivity index (χ2n) is 4.21. The first-order chi connectivity index (χ1) is 8.56. The molecule has 1 atom stereocenters. The van der Waals surface area contributed by atoms with Crippen LogP contribution in [0.3, 0.4) is 0 Å². The van der Waals surface area contributed by atoms with E-state index in [-0.39, 0.29) is 17.7 Å². The van der Waals surface area contributed by atoms with Gasteiger partial charge in [0.1, 0.15) is 6.04 Å². The smallest absolute Gasteiger partial charge is 0.262 e. The topological polar surface area (TPSA) is 58.2 Å². The van der Waals surface area contributed by atoms with Crippen molar-refractivity contribution < 1.29 is 9.59 Å². The number of carbonyl (C=O) groups is 2. The van der Waals surface area contributed by atoms with Gasteiger partial charge in [-0.15, -0.1) is 17.9 Å². The molecule has 0 aliphatic heterocycles. The predicted octanol–water partition coefficient (Wildman–Crippen LogP) is 1.80. The Balaban J connectivity index is 2.66. The average Bonchev–Trinajstić information content (AvgIpc) is 2.86. The van der Waals surface area contributed by atoms with Gasteiger partial charge < -0.3 is 10.6 Å². The summed E-state index contributed by atoms with van der Waals surface area (Å²) in [6.07, 6.45) is 1.61. The molecule has 0 bridgehead atoms. The van der Waals surface area contributed by atoms with Crippen LogP contribution in [0.4, 0.5) is 0 Å². The van der Waals surface area contributed by atoms with Crippen LogP contribution in [0.25, 0.3) is 0 Å². The summed E-state index contributed by atoms with van der Waals surface area (Å²) in [6.45, 7) is 7.73. The number of hydrogen-bond donors (Lipinski definition) is 2. The molecule has 0 aliphatic carbocycles. The van der Waals surface area contributed by atoms with Crippen LogP contribution in [0.1, 0.15) is 23.5 Å². The molecular formula is C13H18N2O2S. The molecule has 1 unspecified atom stereocenters. The normalized spacial score (nSPS) is 11.9. The fraction of sp³-hybridized carbons (Fsp3) is 0.385. The van der Waals surface area contributed by atoms with Crippen LogP contribution in [0.15, 0.2) is 30.2 Å². The predicted molar refractivity (Wildman–Crippen MR) is 73.6 cm³/mol. The summed E-state index contributed by atoms with van der Waals surface area (Å²) in [4.78, 5) is 24.4. The molecule has 5 heteroatoms. The zero-order chi connectivity index (χ0) is 13.5. The lowest BCUT2D eigenvalue weighted by molar-refractivity contribution is -0.123. The van der Waals surface area contributed by atoms with Gasteiger partial charge in [0.25, 0.3) is 5.91 Å². The van der Waals surface area contributed by atoms with E-state index in [2.05, 4.69) is 17.2 Å². The van der Waals surface area contributed by atoms with Crippen LogP contribution < -0.4 is 10.6 Å². The van der Waals surface area contributed by atoms with E-state index in [1.165, 1.54) is 11.3 Å². The van der Waals surface area contributed by atoms with Crippen molar-refractivity contribution in [3.8, 4) is 0 Å². The first-order valence-electron chi connectivity index (χ1n) is 5.79. The second-order valence-corrected chi connectivity index (χ2v) is 5.15. The van der Waals surface area contributed by atoms with Gasteiger partial charge in [-0.1, -0.05) is 26.0 Å². The molecular weight excluding hydrogens is 248 g/mol. The number of nitrogens with one attached hydrogen (secondary N) is 2. The van der Waals surface area contributed by atoms with Crippen molar-refractivity contribution in [1.82, 2.24) is 10.6 Å². The third kappa shape index (κ3) is 4.00. The van der Waals surface area contributed by atoms with E-state index in [1.54, 1.807) is 12.1 Å². The Hall–Kier alpha value is -1.62. The van der Waals surface area contributed by atoms with E-state index in [9.17, 15) is 9.59 Å². The molecule has 0 fully saturated rings. The summed E-state index contributed by atoms with van der Waals surface area (Å²) in [5, 5.41) is 7.28. The van der Waals surface area contributed by atoms with Crippen molar-refractivity contribution in [2.75, 3.05) is 6.54 Å². The summed E-state index contributed by atoms with van der Waals surface area (Å²) in [7, 11) is 0. The lowest BCUT2D eigenvalue weighted by Gasteiger charge is -2.21. The van der Waals surface area contributed by atoms with Gasteiger partial charge in [-0.05, 0) is 17.4 Å². The zero-order valence-corrected chi connectivity index (χ0v) is 11.4. The molecule has 0 saturated heterocycles. The van der Waals surface area contributed by atoms with Gasteiger partial charge in [-0.3, -0.25) is 9.59 Å². The lowest BCUT2D eigenvalue weighted by atomic mass is 10.0. The first-order valence-corrected chi connectivity index (χ1v) is 6.67. The lowest BCUT2D eigenvalue weighted by Crippen LogP contribution is -2.49. The summed E-state index contributed by atoms with van der Waals surface area (Å²) in [5.41, 5.74) is 0.